The van der Waals surface area contributed by atoms with Crippen LogP contribution in [0, 0.1) is 11.8 Å². The van der Waals surface area contributed by atoms with Gasteiger partial charge in [0.15, 0.2) is 0 Å². The number of carbonyl (C=O) groups excluding carboxylic acids is 1. The number of amides is 1. The molecule has 1 aliphatic rings. The predicted octanol–water partition coefficient (Wildman–Crippen LogP) is 5.77. The van der Waals surface area contributed by atoms with Crippen molar-refractivity contribution in [2.24, 2.45) is 11.8 Å². The Kier molecular flexibility index (Phi) is 9.79. The quantitative estimate of drug-likeness (QED) is 0.357. The summed E-state index contributed by atoms with van der Waals surface area (Å²) in [5.74, 6) is 1.73. The average molecular weight is 447 g/mol. The highest BCUT2D eigenvalue weighted by Gasteiger charge is 2.24. The Labute approximate surface area is 170 Å². The molecule has 0 aliphatic heterocycles. The van der Waals surface area contributed by atoms with Gasteiger partial charge in [0, 0.05) is 37.2 Å². The molecule has 0 N–H and O–H groups in total. The number of nitrogens with zero attached hydrogens (tertiary/aromatic N) is 1. The van der Waals surface area contributed by atoms with Gasteiger partial charge in [0.05, 0.1) is 0 Å². The second-order valence-electron chi connectivity index (χ2n) is 7.06. The lowest BCUT2D eigenvalue weighted by atomic mass is 9.82. The SMILES string of the molecule is CN(CC1CCC(COCCCCBr)CC1)C(=O)Oc1ccc(Cl)cc1. The molecule has 6 heteroatoms. The van der Waals surface area contributed by atoms with Crippen molar-refractivity contribution in [2.75, 3.05) is 32.1 Å². The maximum Gasteiger partial charge on any atom is 0.414 e. The van der Waals surface area contributed by atoms with Gasteiger partial charge >= 0.3 is 6.09 Å². The van der Waals surface area contributed by atoms with Gasteiger partial charge in [-0.25, -0.2) is 4.79 Å². The fourth-order valence-corrected chi connectivity index (χ4v) is 3.80. The summed E-state index contributed by atoms with van der Waals surface area (Å²) in [5.41, 5.74) is 0. The molecule has 1 aromatic rings. The Bertz CT molecular complexity index is 532. The summed E-state index contributed by atoms with van der Waals surface area (Å²) >= 11 is 9.28. The van der Waals surface area contributed by atoms with E-state index in [9.17, 15) is 4.79 Å². The molecule has 1 fully saturated rings. The zero-order chi connectivity index (χ0) is 18.8. The third-order valence-corrected chi connectivity index (χ3v) is 5.67. The molecule has 0 radical (unpaired) electrons. The van der Waals surface area contributed by atoms with E-state index in [0.29, 0.717) is 22.6 Å². The van der Waals surface area contributed by atoms with Crippen molar-refractivity contribution in [2.45, 2.75) is 38.5 Å². The van der Waals surface area contributed by atoms with E-state index in [2.05, 4.69) is 15.9 Å². The minimum atomic E-state index is -0.315. The van der Waals surface area contributed by atoms with Gasteiger partial charge in [-0.1, -0.05) is 27.5 Å². The summed E-state index contributed by atoms with van der Waals surface area (Å²) < 4.78 is 11.2. The third kappa shape index (κ3) is 7.85. The van der Waals surface area contributed by atoms with Gasteiger partial charge < -0.3 is 14.4 Å². The van der Waals surface area contributed by atoms with Gasteiger partial charge in [0.1, 0.15) is 5.75 Å². The molecular weight excluding hydrogens is 418 g/mol. The van der Waals surface area contributed by atoms with Crippen LogP contribution in [0.1, 0.15) is 38.5 Å². The molecule has 0 bridgehead atoms. The van der Waals surface area contributed by atoms with Gasteiger partial charge in [-0.05, 0) is 74.6 Å². The maximum atomic E-state index is 12.2. The van der Waals surface area contributed by atoms with Gasteiger partial charge in [0.25, 0.3) is 0 Å². The van der Waals surface area contributed by atoms with Crippen molar-refractivity contribution < 1.29 is 14.3 Å². The van der Waals surface area contributed by atoms with Gasteiger partial charge in [-0.3, -0.25) is 0 Å². The van der Waals surface area contributed by atoms with E-state index in [0.717, 1.165) is 44.4 Å². The molecule has 26 heavy (non-hydrogen) atoms. The summed E-state index contributed by atoms with van der Waals surface area (Å²) in [5, 5.41) is 1.68. The van der Waals surface area contributed by atoms with Gasteiger partial charge in [-0.2, -0.15) is 0 Å². The molecule has 0 heterocycles. The van der Waals surface area contributed by atoms with Crippen molar-refractivity contribution in [3.63, 3.8) is 0 Å². The van der Waals surface area contributed by atoms with Crippen LogP contribution in [-0.4, -0.2) is 43.1 Å². The van der Waals surface area contributed by atoms with Crippen molar-refractivity contribution >= 4 is 33.6 Å². The van der Waals surface area contributed by atoms with Crippen LogP contribution in [0.15, 0.2) is 24.3 Å². The summed E-state index contributed by atoms with van der Waals surface area (Å²) in [7, 11) is 1.80. The van der Waals surface area contributed by atoms with Gasteiger partial charge in [0.2, 0.25) is 0 Å². The minimum Gasteiger partial charge on any atom is -0.410 e. The van der Waals surface area contributed by atoms with E-state index in [1.54, 1.807) is 36.2 Å². The zero-order valence-corrected chi connectivity index (χ0v) is 17.8. The van der Waals surface area contributed by atoms with Crippen LogP contribution in [0.2, 0.25) is 5.02 Å². The first-order chi connectivity index (χ1) is 12.6. The fourth-order valence-electron chi connectivity index (χ4n) is 3.27. The number of benzene rings is 1. The highest BCUT2D eigenvalue weighted by Crippen LogP contribution is 2.29. The van der Waals surface area contributed by atoms with E-state index in [-0.39, 0.29) is 6.09 Å². The number of ether oxygens (including phenoxy) is 2. The van der Waals surface area contributed by atoms with E-state index < -0.39 is 0 Å². The largest absolute Gasteiger partial charge is 0.414 e. The highest BCUT2D eigenvalue weighted by molar-refractivity contribution is 9.09. The van der Waals surface area contributed by atoms with E-state index in [4.69, 9.17) is 21.1 Å². The molecule has 1 amide bonds. The average Bonchev–Trinajstić information content (AvgIpc) is 2.64. The Morgan fingerprint density at radius 1 is 1.15 bits per heavy atom. The Morgan fingerprint density at radius 3 is 2.46 bits per heavy atom. The first kappa shape index (κ1) is 21.5. The Hall–Kier alpha value is -0.780. The van der Waals surface area contributed by atoms with E-state index in [1.165, 1.54) is 19.3 Å². The van der Waals surface area contributed by atoms with Crippen LogP contribution in [0.3, 0.4) is 0 Å². The van der Waals surface area contributed by atoms with Crippen LogP contribution < -0.4 is 4.74 Å². The molecule has 2 rings (SSSR count). The minimum absolute atomic E-state index is 0.315. The van der Waals surface area contributed by atoms with E-state index in [1.807, 2.05) is 0 Å². The molecule has 1 aromatic carbocycles. The van der Waals surface area contributed by atoms with Crippen LogP contribution in [-0.2, 0) is 4.74 Å². The number of hydrogen-bond acceptors (Lipinski definition) is 3. The number of unbranched alkanes of at least 4 members (excludes halogenated alkanes) is 1. The summed E-state index contributed by atoms with van der Waals surface area (Å²) in [4.78, 5) is 13.9. The normalized spacial score (nSPS) is 20.0. The topological polar surface area (TPSA) is 38.8 Å². The molecule has 1 aliphatic carbocycles. The number of hydrogen-bond donors (Lipinski definition) is 0. The Balaban J connectivity index is 1.63. The molecule has 146 valence electrons. The van der Waals surface area contributed by atoms with Crippen LogP contribution >= 0.6 is 27.5 Å². The summed E-state index contributed by atoms with van der Waals surface area (Å²) in [6.07, 6.45) is 6.64. The second-order valence-corrected chi connectivity index (χ2v) is 8.29. The second kappa shape index (κ2) is 11.8. The van der Waals surface area contributed by atoms with Crippen molar-refractivity contribution in [1.29, 1.82) is 0 Å². The lowest BCUT2D eigenvalue weighted by Crippen LogP contribution is -2.35. The molecular formula is C20H29BrClNO3. The van der Waals surface area contributed by atoms with Crippen LogP contribution in [0.25, 0.3) is 0 Å². The molecule has 1 saturated carbocycles. The lowest BCUT2D eigenvalue weighted by Gasteiger charge is -2.30. The molecule has 0 saturated heterocycles. The predicted molar refractivity (Wildman–Crippen MR) is 109 cm³/mol. The van der Waals surface area contributed by atoms with Crippen LogP contribution in [0.4, 0.5) is 4.79 Å². The number of alkyl halides is 1. The van der Waals surface area contributed by atoms with E-state index >= 15 is 0 Å². The molecule has 0 aromatic heterocycles. The third-order valence-electron chi connectivity index (χ3n) is 4.85. The molecule has 0 spiro atoms. The maximum absolute atomic E-state index is 12.2. The zero-order valence-electron chi connectivity index (χ0n) is 15.5. The first-order valence-electron chi connectivity index (χ1n) is 9.40. The molecule has 4 nitrogen and oxygen atoms in total. The molecule has 0 unspecified atom stereocenters. The van der Waals surface area contributed by atoms with Crippen molar-refractivity contribution in [1.82, 2.24) is 4.90 Å². The molecule has 0 atom stereocenters. The summed E-state index contributed by atoms with van der Waals surface area (Å²) in [6, 6.07) is 6.84. The number of carbonyl (C=O) groups is 1. The van der Waals surface area contributed by atoms with Crippen LogP contribution in [0.5, 0.6) is 5.75 Å². The fraction of sp³-hybridized carbons (Fsp3) is 0.650. The lowest BCUT2D eigenvalue weighted by molar-refractivity contribution is 0.0723. The number of halogens is 2. The summed E-state index contributed by atoms with van der Waals surface area (Å²) in [6.45, 7) is 2.49. The Morgan fingerprint density at radius 2 is 1.81 bits per heavy atom. The van der Waals surface area contributed by atoms with Crippen molar-refractivity contribution in [3.05, 3.63) is 29.3 Å². The standard InChI is InChI=1S/C20H29BrClNO3/c1-23(20(24)26-19-10-8-18(22)9-11-19)14-16-4-6-17(7-5-16)15-25-13-3-2-12-21/h8-11,16-17H,2-7,12-15H2,1H3. The monoisotopic (exact) mass is 445 g/mol. The highest BCUT2D eigenvalue weighted by atomic mass is 79.9. The first-order valence-corrected chi connectivity index (χ1v) is 10.9. The van der Waals surface area contributed by atoms with Gasteiger partial charge in [-0.15, -0.1) is 0 Å². The van der Waals surface area contributed by atoms with Crippen molar-refractivity contribution in [3.8, 4) is 5.75 Å². The number of rotatable bonds is 9. The smallest absolute Gasteiger partial charge is 0.410 e.